The minimum Gasteiger partial charge on any atom is -0.461 e. The molecule has 3 rings (SSSR count). The Morgan fingerprint density at radius 3 is 2.39 bits per heavy atom. The zero-order valence-electron chi connectivity index (χ0n) is 18.4. The molecule has 162 valence electrons. The van der Waals surface area contributed by atoms with Gasteiger partial charge in [0.15, 0.2) is 0 Å². The van der Waals surface area contributed by atoms with E-state index < -0.39 is 6.36 Å². The molecule has 5 heteroatoms. The summed E-state index contributed by atoms with van der Waals surface area (Å²) in [6.07, 6.45) is 4.48. The zero-order valence-corrected chi connectivity index (χ0v) is 18.4. The Kier molecular flexibility index (Phi) is 7.08. The van der Waals surface area contributed by atoms with E-state index in [-0.39, 0.29) is 1.43 Å². The van der Waals surface area contributed by atoms with E-state index in [1.54, 1.807) is 18.3 Å². The number of rotatable bonds is 8. The molecule has 0 aliphatic heterocycles. The van der Waals surface area contributed by atoms with Crippen LogP contribution in [-0.2, 0) is 0 Å². The van der Waals surface area contributed by atoms with Crippen molar-refractivity contribution in [3.05, 3.63) is 90.7 Å². The minimum atomic E-state index is -1.34. The average molecular weight is 420 g/mol. The Bertz CT molecular complexity index is 1120. The lowest BCUT2D eigenvalue weighted by molar-refractivity contribution is 0.0860. The summed E-state index contributed by atoms with van der Waals surface area (Å²) >= 11 is 0. The molecule has 0 radical (unpaired) electrons. The normalized spacial score (nSPS) is 13.1. The third-order valence-corrected chi connectivity index (χ3v) is 4.93. The van der Waals surface area contributed by atoms with Gasteiger partial charge in [-0.05, 0) is 73.6 Å². The van der Waals surface area contributed by atoms with Crippen molar-refractivity contribution in [3.63, 3.8) is 0 Å². The molecule has 3 aromatic rings. The fourth-order valence-corrected chi connectivity index (χ4v) is 3.37. The lowest BCUT2D eigenvalue weighted by atomic mass is 10.1. The number of hydrogen-bond donors (Lipinski definition) is 1. The maximum absolute atomic E-state index is 13.0. The first-order chi connectivity index (χ1) is 14.9. The van der Waals surface area contributed by atoms with Crippen LogP contribution in [0.1, 0.15) is 33.3 Å². The number of anilines is 1. The number of halogens is 1. The number of fused-ring (bicyclic) bond motifs is 1. The summed E-state index contributed by atoms with van der Waals surface area (Å²) in [5, 5.41) is 4.45. The van der Waals surface area contributed by atoms with Crippen molar-refractivity contribution in [1.29, 1.82) is 0 Å². The van der Waals surface area contributed by atoms with Gasteiger partial charge in [-0.1, -0.05) is 30.9 Å². The number of nitrogens with one attached hydrogen (secondary N) is 1. The molecule has 0 bridgehead atoms. The second kappa shape index (κ2) is 9.94. The van der Waals surface area contributed by atoms with Gasteiger partial charge < -0.3 is 15.0 Å². The standard InChI is InChI=1S/C26H28FN3O.H2/c1-6-23(19-11-14-22(15-12-19)31-18(4)27)28-26-16-13-20-9-10-21(17-24(20)29-26)25(7-2)30(5)8-3;/h6-18H,3H2,1-2,4-5H3,(H,28,29);1H/b23-6+,25-7-;. The molecule has 0 aliphatic carbocycles. The molecule has 2 aromatic carbocycles. The molecule has 1 N–H and O–H groups in total. The molecule has 0 spiro atoms. The molecule has 1 unspecified atom stereocenters. The van der Waals surface area contributed by atoms with E-state index in [0.29, 0.717) is 5.75 Å². The van der Waals surface area contributed by atoms with Crippen LogP contribution in [0, 0.1) is 0 Å². The molecule has 0 saturated heterocycles. The van der Waals surface area contributed by atoms with Crippen molar-refractivity contribution in [2.24, 2.45) is 0 Å². The topological polar surface area (TPSA) is 37.4 Å². The van der Waals surface area contributed by atoms with Crippen molar-refractivity contribution >= 4 is 28.1 Å². The zero-order chi connectivity index (χ0) is 22.4. The quantitative estimate of drug-likeness (QED) is 0.423. The molecule has 1 aromatic heterocycles. The van der Waals surface area contributed by atoms with Crippen LogP contribution in [-0.4, -0.2) is 23.3 Å². The Labute approximate surface area is 184 Å². The lowest BCUT2D eigenvalue weighted by Gasteiger charge is -2.18. The molecular formula is C26H30FN3O. The maximum Gasteiger partial charge on any atom is 0.235 e. The van der Waals surface area contributed by atoms with Crippen molar-refractivity contribution in [1.82, 2.24) is 9.88 Å². The highest BCUT2D eigenvalue weighted by Gasteiger charge is 2.08. The molecule has 0 amide bonds. The smallest absolute Gasteiger partial charge is 0.235 e. The Morgan fingerprint density at radius 1 is 1.10 bits per heavy atom. The van der Waals surface area contributed by atoms with E-state index in [9.17, 15) is 4.39 Å². The van der Waals surface area contributed by atoms with Crippen LogP contribution >= 0.6 is 0 Å². The number of benzene rings is 2. The van der Waals surface area contributed by atoms with E-state index in [0.717, 1.165) is 39.2 Å². The number of alkyl halides is 1. The monoisotopic (exact) mass is 419 g/mol. The van der Waals surface area contributed by atoms with Gasteiger partial charge in [0, 0.05) is 32.2 Å². The molecule has 0 aliphatic rings. The predicted octanol–water partition coefficient (Wildman–Crippen LogP) is 7.08. The van der Waals surface area contributed by atoms with Gasteiger partial charge in [-0.3, -0.25) is 0 Å². The predicted molar refractivity (Wildman–Crippen MR) is 130 cm³/mol. The van der Waals surface area contributed by atoms with Crippen LogP contribution in [0.4, 0.5) is 10.2 Å². The lowest BCUT2D eigenvalue weighted by Crippen LogP contribution is -2.08. The van der Waals surface area contributed by atoms with Crippen LogP contribution in [0.2, 0.25) is 0 Å². The first-order valence-electron chi connectivity index (χ1n) is 10.2. The third-order valence-electron chi connectivity index (χ3n) is 4.93. The van der Waals surface area contributed by atoms with Crippen molar-refractivity contribution in [2.45, 2.75) is 27.1 Å². The second-order valence-corrected chi connectivity index (χ2v) is 7.08. The number of aromatic nitrogens is 1. The molecule has 4 nitrogen and oxygen atoms in total. The van der Waals surface area contributed by atoms with Gasteiger partial charge in [-0.15, -0.1) is 0 Å². The summed E-state index contributed by atoms with van der Waals surface area (Å²) in [6.45, 7) is 9.17. The Morgan fingerprint density at radius 2 is 1.77 bits per heavy atom. The number of hydrogen-bond acceptors (Lipinski definition) is 4. The summed E-state index contributed by atoms with van der Waals surface area (Å²) in [4.78, 5) is 6.79. The van der Waals surface area contributed by atoms with Gasteiger partial charge in [0.2, 0.25) is 6.36 Å². The summed E-state index contributed by atoms with van der Waals surface area (Å²) < 4.78 is 18.1. The van der Waals surface area contributed by atoms with Gasteiger partial charge in [-0.2, -0.15) is 0 Å². The van der Waals surface area contributed by atoms with Crippen molar-refractivity contribution in [2.75, 3.05) is 12.4 Å². The van der Waals surface area contributed by atoms with Crippen LogP contribution in [0.15, 0.2) is 79.5 Å². The Balaban J connectivity index is 0.00000363. The van der Waals surface area contributed by atoms with Crippen LogP contribution in [0.5, 0.6) is 5.75 Å². The van der Waals surface area contributed by atoms with E-state index >= 15 is 0 Å². The van der Waals surface area contributed by atoms with E-state index in [1.165, 1.54) is 6.92 Å². The van der Waals surface area contributed by atoms with E-state index in [4.69, 9.17) is 9.72 Å². The molecular weight excluding hydrogens is 389 g/mol. The molecule has 0 fully saturated rings. The van der Waals surface area contributed by atoms with Crippen LogP contribution in [0.25, 0.3) is 22.3 Å². The molecule has 0 saturated carbocycles. The van der Waals surface area contributed by atoms with Crippen LogP contribution < -0.4 is 10.1 Å². The summed E-state index contributed by atoms with van der Waals surface area (Å²) in [5.41, 5.74) is 4.90. The highest BCUT2D eigenvalue weighted by molar-refractivity contribution is 5.86. The van der Waals surface area contributed by atoms with E-state index in [2.05, 4.69) is 36.2 Å². The first kappa shape index (κ1) is 22.1. The van der Waals surface area contributed by atoms with Gasteiger partial charge in [0.05, 0.1) is 5.52 Å². The first-order valence-corrected chi connectivity index (χ1v) is 10.2. The Hall–Kier alpha value is -3.60. The maximum atomic E-state index is 13.0. The molecule has 31 heavy (non-hydrogen) atoms. The van der Waals surface area contributed by atoms with E-state index in [1.807, 2.05) is 56.1 Å². The van der Waals surface area contributed by atoms with Crippen LogP contribution in [0.3, 0.4) is 0 Å². The third kappa shape index (κ3) is 5.31. The molecule has 1 atom stereocenters. The number of allylic oxidation sites excluding steroid dienone is 2. The van der Waals surface area contributed by atoms with Gasteiger partial charge >= 0.3 is 0 Å². The van der Waals surface area contributed by atoms with Gasteiger partial charge in [0.1, 0.15) is 11.6 Å². The van der Waals surface area contributed by atoms with Gasteiger partial charge in [-0.25, -0.2) is 9.37 Å². The van der Waals surface area contributed by atoms with Gasteiger partial charge in [0.25, 0.3) is 0 Å². The fourth-order valence-electron chi connectivity index (χ4n) is 3.37. The van der Waals surface area contributed by atoms with Crippen molar-refractivity contribution < 1.29 is 10.6 Å². The molecule has 1 heterocycles. The summed E-state index contributed by atoms with van der Waals surface area (Å²) in [7, 11) is 1.97. The largest absolute Gasteiger partial charge is 0.461 e. The highest BCUT2D eigenvalue weighted by Crippen LogP contribution is 2.26. The second-order valence-electron chi connectivity index (χ2n) is 7.08. The average Bonchev–Trinajstić information content (AvgIpc) is 2.77. The number of pyridine rings is 1. The number of ether oxygens (including phenoxy) is 1. The minimum absolute atomic E-state index is 0. The summed E-state index contributed by atoms with van der Waals surface area (Å²) in [5.74, 6) is 1.24. The SMILES string of the molecule is C=CN(C)/C(=C\C)c1ccc2ccc(N/C(=C/C)c3ccc(OC(C)F)cc3)nc2c1.[HH]. The highest BCUT2D eigenvalue weighted by atomic mass is 19.1. The van der Waals surface area contributed by atoms with Crippen molar-refractivity contribution in [3.8, 4) is 5.75 Å². The fraction of sp³-hybridized carbons (Fsp3) is 0.192. The summed E-state index contributed by atoms with van der Waals surface area (Å²) in [6, 6.07) is 17.5. The number of nitrogens with zero attached hydrogens (tertiary/aromatic N) is 2.